The van der Waals surface area contributed by atoms with Crippen LogP contribution >= 0.6 is 11.6 Å². The summed E-state index contributed by atoms with van der Waals surface area (Å²) >= 11 is 5.54. The summed E-state index contributed by atoms with van der Waals surface area (Å²) in [6, 6.07) is 2.43. The van der Waals surface area contributed by atoms with E-state index in [1.165, 1.54) is 31.4 Å². The van der Waals surface area contributed by atoms with E-state index in [0.29, 0.717) is 12.2 Å². The average molecular weight is 291 g/mol. The topological polar surface area (TPSA) is 9.23 Å². The molecule has 108 valence electrons. The van der Waals surface area contributed by atoms with Crippen LogP contribution in [0.5, 0.6) is 5.75 Å². The minimum absolute atomic E-state index is 0.0888. The normalized spacial score (nSPS) is 10.7. The number of halogens is 3. The Morgan fingerprint density at radius 2 is 1.58 bits per heavy atom. The Labute approximate surface area is 118 Å². The molecule has 0 radical (unpaired) electrons. The number of alkyl halides is 1. The summed E-state index contributed by atoms with van der Waals surface area (Å²) in [5, 5.41) is 0. The molecule has 0 unspecified atom stereocenters. The van der Waals surface area contributed by atoms with E-state index in [1.807, 2.05) is 0 Å². The van der Waals surface area contributed by atoms with Crippen molar-refractivity contribution >= 4 is 11.6 Å². The number of rotatable bonds is 9. The van der Waals surface area contributed by atoms with Gasteiger partial charge in [-0.2, -0.15) is 0 Å². The van der Waals surface area contributed by atoms with Crippen LogP contribution in [-0.2, 0) is 5.88 Å². The number of hydrogen-bond donors (Lipinski definition) is 0. The molecule has 19 heavy (non-hydrogen) atoms. The van der Waals surface area contributed by atoms with Crippen LogP contribution in [0.2, 0.25) is 0 Å². The van der Waals surface area contributed by atoms with Gasteiger partial charge >= 0.3 is 0 Å². The van der Waals surface area contributed by atoms with Gasteiger partial charge in [-0.25, -0.2) is 8.78 Å². The number of hydrogen-bond acceptors (Lipinski definition) is 1. The summed E-state index contributed by atoms with van der Waals surface area (Å²) in [5.41, 5.74) is 0.420. The van der Waals surface area contributed by atoms with Crippen molar-refractivity contribution in [3.05, 3.63) is 29.3 Å². The first kappa shape index (κ1) is 16.2. The van der Waals surface area contributed by atoms with Crippen LogP contribution in [0.25, 0.3) is 0 Å². The van der Waals surface area contributed by atoms with Crippen molar-refractivity contribution in [1.29, 1.82) is 0 Å². The molecule has 0 aliphatic carbocycles. The lowest BCUT2D eigenvalue weighted by atomic mass is 10.1. The standard InChI is InChI=1S/C15H21ClF2O/c1-2-3-4-5-6-7-8-19-15-13(17)9-12(11-16)10-14(15)18/h9-10H,2-8,11H2,1H3. The highest BCUT2D eigenvalue weighted by atomic mass is 35.5. The zero-order valence-corrected chi connectivity index (χ0v) is 12.1. The fraction of sp³-hybridized carbons (Fsp3) is 0.600. The van der Waals surface area contributed by atoms with Crippen molar-refractivity contribution in [1.82, 2.24) is 0 Å². The quantitative estimate of drug-likeness (QED) is 0.434. The molecule has 1 rings (SSSR count). The van der Waals surface area contributed by atoms with E-state index < -0.39 is 11.6 Å². The fourth-order valence-corrected chi connectivity index (χ4v) is 2.04. The Balaban J connectivity index is 2.33. The molecule has 4 heteroatoms. The van der Waals surface area contributed by atoms with Crippen LogP contribution in [0.15, 0.2) is 12.1 Å². The molecule has 0 spiro atoms. The summed E-state index contributed by atoms with van der Waals surface area (Å²) in [4.78, 5) is 0. The highest BCUT2D eigenvalue weighted by Gasteiger charge is 2.12. The molecule has 0 saturated heterocycles. The Morgan fingerprint density at radius 1 is 1.00 bits per heavy atom. The average Bonchev–Trinajstić information content (AvgIpc) is 2.40. The van der Waals surface area contributed by atoms with Gasteiger partial charge in [0.25, 0.3) is 0 Å². The molecule has 0 N–H and O–H groups in total. The molecule has 0 bridgehead atoms. The molecule has 0 heterocycles. The van der Waals surface area contributed by atoms with E-state index >= 15 is 0 Å². The van der Waals surface area contributed by atoms with Gasteiger partial charge < -0.3 is 4.74 Å². The molecule has 0 saturated carbocycles. The summed E-state index contributed by atoms with van der Waals surface area (Å²) in [7, 11) is 0. The Kier molecular flexibility index (Phi) is 7.80. The lowest BCUT2D eigenvalue weighted by Crippen LogP contribution is -2.02. The van der Waals surface area contributed by atoms with Gasteiger partial charge in [0, 0.05) is 5.88 Å². The zero-order chi connectivity index (χ0) is 14.1. The third kappa shape index (κ3) is 5.77. The van der Waals surface area contributed by atoms with Crippen molar-refractivity contribution in [3.63, 3.8) is 0 Å². The molecule has 1 aromatic rings. The third-order valence-corrected chi connectivity index (χ3v) is 3.27. The van der Waals surface area contributed by atoms with Crippen LogP contribution < -0.4 is 4.74 Å². The predicted octanol–water partition coefficient (Wildman–Crippen LogP) is 5.44. The van der Waals surface area contributed by atoms with E-state index in [0.717, 1.165) is 19.3 Å². The van der Waals surface area contributed by atoms with Gasteiger partial charge in [-0.1, -0.05) is 39.0 Å². The molecule has 0 atom stereocenters. The van der Waals surface area contributed by atoms with Gasteiger partial charge in [0.15, 0.2) is 17.4 Å². The maximum Gasteiger partial charge on any atom is 0.190 e. The SMILES string of the molecule is CCCCCCCCOc1c(F)cc(CCl)cc1F. The highest BCUT2D eigenvalue weighted by Crippen LogP contribution is 2.24. The number of ether oxygens (including phenoxy) is 1. The first-order chi connectivity index (χ1) is 9.19. The molecule has 0 amide bonds. The largest absolute Gasteiger partial charge is 0.488 e. The van der Waals surface area contributed by atoms with Crippen molar-refractivity contribution in [2.75, 3.05) is 6.61 Å². The predicted molar refractivity (Wildman–Crippen MR) is 74.8 cm³/mol. The second-order valence-electron chi connectivity index (χ2n) is 4.64. The van der Waals surface area contributed by atoms with E-state index in [-0.39, 0.29) is 11.6 Å². The second-order valence-corrected chi connectivity index (χ2v) is 4.91. The first-order valence-corrected chi connectivity index (χ1v) is 7.39. The van der Waals surface area contributed by atoms with Crippen LogP contribution in [0.1, 0.15) is 51.0 Å². The molecular weight excluding hydrogens is 270 g/mol. The summed E-state index contributed by atoms with van der Waals surface area (Å²) in [5.74, 6) is -1.56. The van der Waals surface area contributed by atoms with Crippen molar-refractivity contribution in [2.45, 2.75) is 51.3 Å². The maximum atomic E-state index is 13.6. The van der Waals surface area contributed by atoms with Crippen molar-refractivity contribution in [3.8, 4) is 5.75 Å². The third-order valence-electron chi connectivity index (χ3n) is 2.96. The molecule has 1 nitrogen and oxygen atoms in total. The van der Waals surface area contributed by atoms with E-state index in [1.54, 1.807) is 0 Å². The van der Waals surface area contributed by atoms with Gasteiger partial charge in [0.1, 0.15) is 0 Å². The lowest BCUT2D eigenvalue weighted by molar-refractivity contribution is 0.275. The Bertz CT molecular complexity index is 359. The van der Waals surface area contributed by atoms with E-state index in [9.17, 15) is 8.78 Å². The summed E-state index contributed by atoms with van der Waals surface area (Å²) in [6.45, 7) is 2.51. The smallest absolute Gasteiger partial charge is 0.190 e. The molecule has 0 aliphatic rings. The maximum absolute atomic E-state index is 13.6. The fourth-order valence-electron chi connectivity index (χ4n) is 1.88. The molecule has 0 aliphatic heterocycles. The molecular formula is C15H21ClF2O. The number of benzene rings is 1. The minimum atomic E-state index is -0.679. The van der Waals surface area contributed by atoms with Crippen molar-refractivity contribution in [2.24, 2.45) is 0 Å². The lowest BCUT2D eigenvalue weighted by Gasteiger charge is -2.09. The second kappa shape index (κ2) is 9.13. The molecule has 1 aromatic carbocycles. The van der Waals surface area contributed by atoms with Crippen LogP contribution in [0.4, 0.5) is 8.78 Å². The molecule has 0 aromatic heterocycles. The van der Waals surface area contributed by atoms with Gasteiger partial charge in [-0.15, -0.1) is 11.6 Å². The van der Waals surface area contributed by atoms with Crippen LogP contribution in [0.3, 0.4) is 0 Å². The molecule has 0 fully saturated rings. The van der Waals surface area contributed by atoms with Crippen LogP contribution in [0, 0.1) is 11.6 Å². The minimum Gasteiger partial charge on any atom is -0.488 e. The van der Waals surface area contributed by atoms with Gasteiger partial charge in [-0.05, 0) is 24.1 Å². The number of unbranched alkanes of at least 4 members (excludes halogenated alkanes) is 5. The van der Waals surface area contributed by atoms with E-state index in [2.05, 4.69) is 6.92 Å². The summed E-state index contributed by atoms with van der Waals surface area (Å²) in [6.07, 6.45) is 6.66. The monoisotopic (exact) mass is 290 g/mol. The van der Waals surface area contributed by atoms with Gasteiger partial charge in [0.2, 0.25) is 0 Å². The van der Waals surface area contributed by atoms with Gasteiger partial charge in [-0.3, -0.25) is 0 Å². The summed E-state index contributed by atoms with van der Waals surface area (Å²) < 4.78 is 32.3. The van der Waals surface area contributed by atoms with Gasteiger partial charge in [0.05, 0.1) is 6.61 Å². The highest BCUT2D eigenvalue weighted by molar-refractivity contribution is 6.17. The zero-order valence-electron chi connectivity index (χ0n) is 11.4. The van der Waals surface area contributed by atoms with Crippen LogP contribution in [-0.4, -0.2) is 6.61 Å². The Morgan fingerprint density at radius 3 is 2.16 bits per heavy atom. The first-order valence-electron chi connectivity index (χ1n) is 6.85. The Hall–Kier alpha value is -0.830. The van der Waals surface area contributed by atoms with E-state index in [4.69, 9.17) is 16.3 Å². The van der Waals surface area contributed by atoms with Crippen molar-refractivity contribution < 1.29 is 13.5 Å².